The van der Waals surface area contributed by atoms with Crippen LogP contribution in [0.15, 0.2) is 36.4 Å². The molecular formula is C16H18N2. The van der Waals surface area contributed by atoms with Crippen LogP contribution in [0.5, 0.6) is 0 Å². The fourth-order valence-corrected chi connectivity index (χ4v) is 3.01. The van der Waals surface area contributed by atoms with E-state index in [4.69, 9.17) is 11.5 Å². The van der Waals surface area contributed by atoms with Gasteiger partial charge in [-0.25, -0.2) is 0 Å². The first kappa shape index (κ1) is 11.1. The first-order chi connectivity index (χ1) is 8.68. The molecule has 4 N–H and O–H groups in total. The summed E-state index contributed by atoms with van der Waals surface area (Å²) in [5.74, 6) is 0.362. The standard InChI is InChI=1S/C16H18N2/c1-10-6-9-14(17)15(16(10)18)13-8-7-11-4-2-3-5-12(11)13/h2-6,9,13H,7-8,17-18H2,1H3. The summed E-state index contributed by atoms with van der Waals surface area (Å²) in [7, 11) is 0. The molecule has 2 heteroatoms. The Kier molecular flexibility index (Phi) is 2.51. The number of nitrogens with two attached hydrogens (primary N) is 2. The lowest BCUT2D eigenvalue weighted by Gasteiger charge is -2.18. The maximum atomic E-state index is 6.24. The van der Waals surface area contributed by atoms with Crippen molar-refractivity contribution >= 4 is 11.4 Å². The van der Waals surface area contributed by atoms with Crippen molar-refractivity contribution in [2.45, 2.75) is 25.7 Å². The van der Waals surface area contributed by atoms with Crippen LogP contribution in [0.3, 0.4) is 0 Å². The molecule has 18 heavy (non-hydrogen) atoms. The number of hydrogen-bond acceptors (Lipinski definition) is 2. The maximum absolute atomic E-state index is 6.24. The summed E-state index contributed by atoms with van der Waals surface area (Å²) in [5.41, 5.74) is 19.1. The van der Waals surface area contributed by atoms with E-state index in [0.717, 1.165) is 35.3 Å². The van der Waals surface area contributed by atoms with Crippen molar-refractivity contribution in [3.63, 3.8) is 0 Å². The van der Waals surface area contributed by atoms with Crippen LogP contribution in [0, 0.1) is 6.92 Å². The van der Waals surface area contributed by atoms with E-state index < -0.39 is 0 Å². The van der Waals surface area contributed by atoms with Gasteiger partial charge in [0, 0.05) is 22.9 Å². The van der Waals surface area contributed by atoms with E-state index in [1.54, 1.807) is 0 Å². The van der Waals surface area contributed by atoms with Crippen molar-refractivity contribution in [3.8, 4) is 0 Å². The van der Waals surface area contributed by atoms with Crippen LogP contribution in [0.25, 0.3) is 0 Å². The predicted molar refractivity (Wildman–Crippen MR) is 76.6 cm³/mol. The normalized spacial score (nSPS) is 17.7. The molecule has 0 bridgehead atoms. The SMILES string of the molecule is Cc1ccc(N)c(C2CCc3ccccc32)c1N. The molecule has 1 aliphatic rings. The van der Waals surface area contributed by atoms with Gasteiger partial charge >= 0.3 is 0 Å². The second-order valence-corrected chi connectivity index (χ2v) is 5.09. The number of nitrogen functional groups attached to an aromatic ring is 2. The van der Waals surface area contributed by atoms with Crippen LogP contribution >= 0.6 is 0 Å². The number of fused-ring (bicyclic) bond motifs is 1. The van der Waals surface area contributed by atoms with Crippen LogP contribution in [0.1, 0.15) is 34.6 Å². The molecule has 2 aromatic carbocycles. The molecule has 1 unspecified atom stereocenters. The van der Waals surface area contributed by atoms with Crippen molar-refractivity contribution in [1.82, 2.24) is 0 Å². The number of aryl methyl sites for hydroxylation is 2. The number of hydrogen-bond donors (Lipinski definition) is 2. The van der Waals surface area contributed by atoms with E-state index in [1.807, 2.05) is 19.1 Å². The highest BCUT2D eigenvalue weighted by molar-refractivity contribution is 5.69. The second kappa shape index (κ2) is 4.05. The molecule has 0 aromatic heterocycles. The molecule has 0 spiro atoms. The average Bonchev–Trinajstić information content (AvgIpc) is 2.79. The van der Waals surface area contributed by atoms with Crippen molar-refractivity contribution in [3.05, 3.63) is 58.7 Å². The molecule has 0 fully saturated rings. The molecule has 1 aliphatic carbocycles. The van der Waals surface area contributed by atoms with Gasteiger partial charge in [0.25, 0.3) is 0 Å². The van der Waals surface area contributed by atoms with Gasteiger partial charge in [-0.2, -0.15) is 0 Å². The molecule has 0 saturated carbocycles. The van der Waals surface area contributed by atoms with Crippen molar-refractivity contribution in [1.29, 1.82) is 0 Å². The summed E-state index contributed by atoms with van der Waals surface area (Å²) >= 11 is 0. The Morgan fingerprint density at radius 3 is 2.67 bits per heavy atom. The fourth-order valence-electron chi connectivity index (χ4n) is 3.01. The fraction of sp³-hybridized carbons (Fsp3) is 0.250. The summed E-state index contributed by atoms with van der Waals surface area (Å²) in [6.07, 6.45) is 2.23. The summed E-state index contributed by atoms with van der Waals surface area (Å²) in [6.45, 7) is 2.04. The summed E-state index contributed by atoms with van der Waals surface area (Å²) in [5, 5.41) is 0. The van der Waals surface area contributed by atoms with E-state index in [9.17, 15) is 0 Å². The minimum absolute atomic E-state index is 0.362. The van der Waals surface area contributed by atoms with Gasteiger partial charge in [-0.3, -0.25) is 0 Å². The van der Waals surface area contributed by atoms with Crippen molar-refractivity contribution in [2.75, 3.05) is 11.5 Å². The molecule has 1 atom stereocenters. The number of rotatable bonds is 1. The molecule has 0 aliphatic heterocycles. The molecular weight excluding hydrogens is 220 g/mol. The first-order valence-corrected chi connectivity index (χ1v) is 6.40. The third-order valence-corrected chi connectivity index (χ3v) is 4.02. The Morgan fingerprint density at radius 1 is 1.06 bits per heavy atom. The first-order valence-electron chi connectivity index (χ1n) is 6.40. The summed E-state index contributed by atoms with van der Waals surface area (Å²) in [4.78, 5) is 0. The minimum Gasteiger partial charge on any atom is -0.398 e. The van der Waals surface area contributed by atoms with E-state index in [2.05, 4.69) is 24.3 Å². The van der Waals surface area contributed by atoms with Crippen LogP contribution in [0.2, 0.25) is 0 Å². The van der Waals surface area contributed by atoms with Crippen LogP contribution in [-0.2, 0) is 6.42 Å². The number of anilines is 2. The Bertz CT molecular complexity index is 602. The monoisotopic (exact) mass is 238 g/mol. The molecule has 0 heterocycles. The Balaban J connectivity index is 2.16. The van der Waals surface area contributed by atoms with E-state index in [1.165, 1.54) is 11.1 Å². The summed E-state index contributed by atoms with van der Waals surface area (Å²) < 4.78 is 0. The van der Waals surface area contributed by atoms with Gasteiger partial charge in [-0.1, -0.05) is 30.3 Å². The highest BCUT2D eigenvalue weighted by atomic mass is 14.6. The van der Waals surface area contributed by atoms with Gasteiger partial charge in [0.05, 0.1) is 0 Å². The molecule has 0 amide bonds. The highest BCUT2D eigenvalue weighted by Crippen LogP contribution is 2.43. The molecule has 2 aromatic rings. The molecule has 2 nitrogen and oxygen atoms in total. The lowest BCUT2D eigenvalue weighted by Crippen LogP contribution is -2.07. The zero-order valence-corrected chi connectivity index (χ0v) is 10.6. The molecule has 0 saturated heterocycles. The molecule has 3 rings (SSSR count). The number of benzene rings is 2. The zero-order valence-electron chi connectivity index (χ0n) is 10.6. The third-order valence-electron chi connectivity index (χ3n) is 4.02. The maximum Gasteiger partial charge on any atom is 0.0403 e. The van der Waals surface area contributed by atoms with Crippen molar-refractivity contribution < 1.29 is 0 Å². The van der Waals surface area contributed by atoms with Gasteiger partial charge in [-0.15, -0.1) is 0 Å². The van der Waals surface area contributed by atoms with Gasteiger partial charge in [-0.05, 0) is 42.5 Å². The van der Waals surface area contributed by atoms with Crippen LogP contribution < -0.4 is 11.5 Å². The Hall–Kier alpha value is -1.96. The molecule has 0 radical (unpaired) electrons. The van der Waals surface area contributed by atoms with Crippen LogP contribution in [-0.4, -0.2) is 0 Å². The second-order valence-electron chi connectivity index (χ2n) is 5.09. The topological polar surface area (TPSA) is 52.0 Å². The van der Waals surface area contributed by atoms with Crippen molar-refractivity contribution in [2.24, 2.45) is 0 Å². The third kappa shape index (κ3) is 1.57. The highest BCUT2D eigenvalue weighted by Gasteiger charge is 2.27. The van der Waals surface area contributed by atoms with Gasteiger partial charge < -0.3 is 11.5 Å². The predicted octanol–water partition coefficient (Wildman–Crippen LogP) is 3.24. The van der Waals surface area contributed by atoms with Crippen LogP contribution in [0.4, 0.5) is 11.4 Å². The Morgan fingerprint density at radius 2 is 1.83 bits per heavy atom. The van der Waals surface area contributed by atoms with E-state index >= 15 is 0 Å². The molecule has 92 valence electrons. The summed E-state index contributed by atoms with van der Waals surface area (Å²) in [6, 6.07) is 12.6. The average molecular weight is 238 g/mol. The van der Waals surface area contributed by atoms with E-state index in [0.29, 0.717) is 5.92 Å². The quantitative estimate of drug-likeness (QED) is 0.749. The lowest BCUT2D eigenvalue weighted by atomic mass is 9.89. The van der Waals surface area contributed by atoms with Gasteiger partial charge in [0.2, 0.25) is 0 Å². The minimum atomic E-state index is 0.362. The zero-order chi connectivity index (χ0) is 12.7. The lowest BCUT2D eigenvalue weighted by molar-refractivity contribution is 0.792. The van der Waals surface area contributed by atoms with Gasteiger partial charge in [0.15, 0.2) is 0 Å². The largest absolute Gasteiger partial charge is 0.398 e. The Labute approximate surface area is 108 Å². The smallest absolute Gasteiger partial charge is 0.0403 e. The van der Waals surface area contributed by atoms with E-state index in [-0.39, 0.29) is 0 Å². The van der Waals surface area contributed by atoms with Gasteiger partial charge in [0.1, 0.15) is 0 Å².